The third-order valence-corrected chi connectivity index (χ3v) is 5.83. The Labute approximate surface area is 177 Å². The van der Waals surface area contributed by atoms with Crippen molar-refractivity contribution in [1.29, 1.82) is 0 Å². The normalized spacial score (nSPS) is 15.0. The molecule has 1 fully saturated rings. The van der Waals surface area contributed by atoms with Crippen LogP contribution < -0.4 is 10.2 Å². The fraction of sp³-hybridized carbons (Fsp3) is 0.391. The maximum atomic E-state index is 12.7. The number of carbonyl (C=O) groups is 2. The molecular weight excluding hydrogens is 386 g/mol. The molecule has 0 radical (unpaired) electrons. The van der Waals surface area contributed by atoms with Gasteiger partial charge < -0.3 is 10.2 Å². The van der Waals surface area contributed by atoms with Crippen LogP contribution in [0, 0.1) is 0 Å². The maximum absolute atomic E-state index is 12.7. The molecule has 3 rings (SSSR count). The van der Waals surface area contributed by atoms with Gasteiger partial charge in [-0.05, 0) is 55.4 Å². The van der Waals surface area contributed by atoms with Crippen molar-refractivity contribution in [2.45, 2.75) is 32.7 Å². The van der Waals surface area contributed by atoms with Crippen molar-refractivity contribution in [3.63, 3.8) is 0 Å². The van der Waals surface area contributed by atoms with Crippen LogP contribution in [0.2, 0.25) is 5.02 Å². The van der Waals surface area contributed by atoms with Gasteiger partial charge in [-0.1, -0.05) is 43.6 Å². The summed E-state index contributed by atoms with van der Waals surface area (Å²) in [4.78, 5) is 28.7. The monoisotopic (exact) mass is 413 g/mol. The van der Waals surface area contributed by atoms with E-state index in [1.165, 1.54) is 0 Å². The first kappa shape index (κ1) is 21.3. The molecule has 2 amide bonds. The van der Waals surface area contributed by atoms with Crippen LogP contribution in [0.15, 0.2) is 48.5 Å². The van der Waals surface area contributed by atoms with Crippen molar-refractivity contribution in [3.05, 3.63) is 64.7 Å². The fourth-order valence-electron chi connectivity index (χ4n) is 3.85. The summed E-state index contributed by atoms with van der Waals surface area (Å²) < 4.78 is 0. The van der Waals surface area contributed by atoms with E-state index in [0.717, 1.165) is 37.3 Å². The summed E-state index contributed by atoms with van der Waals surface area (Å²) in [6.45, 7) is 7.15. The smallest absolute Gasteiger partial charge is 0.251 e. The zero-order chi connectivity index (χ0) is 20.8. The molecule has 1 saturated heterocycles. The number of nitrogens with zero attached hydrogens (tertiary/aromatic N) is 2. The molecule has 1 N–H and O–H groups in total. The van der Waals surface area contributed by atoms with E-state index in [1.807, 2.05) is 36.4 Å². The molecule has 2 aromatic rings. The van der Waals surface area contributed by atoms with Gasteiger partial charge in [0.2, 0.25) is 5.91 Å². The SMILES string of the molecule is CCN(CC)C(CNC(=O)c1ccc(N2CCCC2=O)cc1)c1ccccc1Cl. The van der Waals surface area contributed by atoms with Gasteiger partial charge in [-0.3, -0.25) is 14.5 Å². The number of nitrogens with one attached hydrogen (secondary N) is 1. The molecule has 1 heterocycles. The Morgan fingerprint density at radius 1 is 1.14 bits per heavy atom. The van der Waals surface area contributed by atoms with Crippen LogP contribution in [0.3, 0.4) is 0 Å². The molecule has 0 saturated carbocycles. The predicted molar refractivity (Wildman–Crippen MR) is 117 cm³/mol. The number of anilines is 1. The molecule has 5 nitrogen and oxygen atoms in total. The van der Waals surface area contributed by atoms with Crippen LogP contribution >= 0.6 is 11.6 Å². The van der Waals surface area contributed by atoms with E-state index in [2.05, 4.69) is 24.1 Å². The average Bonchev–Trinajstić information content (AvgIpc) is 3.17. The van der Waals surface area contributed by atoms with Gasteiger partial charge in [-0.25, -0.2) is 0 Å². The minimum atomic E-state index is -0.131. The number of hydrogen-bond donors (Lipinski definition) is 1. The van der Waals surface area contributed by atoms with Crippen molar-refractivity contribution in [2.75, 3.05) is 31.1 Å². The Bertz CT molecular complexity index is 849. The van der Waals surface area contributed by atoms with E-state index in [0.29, 0.717) is 23.6 Å². The molecule has 154 valence electrons. The second-order valence-electron chi connectivity index (χ2n) is 7.16. The zero-order valence-electron chi connectivity index (χ0n) is 17.0. The molecule has 0 spiro atoms. The van der Waals surface area contributed by atoms with Crippen LogP contribution in [0.5, 0.6) is 0 Å². The Balaban J connectivity index is 1.69. The number of benzene rings is 2. The van der Waals surface area contributed by atoms with Gasteiger partial charge >= 0.3 is 0 Å². The van der Waals surface area contributed by atoms with E-state index >= 15 is 0 Å². The first-order chi connectivity index (χ1) is 14.0. The van der Waals surface area contributed by atoms with Gasteiger partial charge in [0.25, 0.3) is 5.91 Å². The molecule has 1 unspecified atom stereocenters. The molecule has 0 aliphatic carbocycles. The summed E-state index contributed by atoms with van der Waals surface area (Å²) in [6, 6.07) is 15.0. The Kier molecular flexibility index (Phi) is 7.29. The zero-order valence-corrected chi connectivity index (χ0v) is 17.8. The van der Waals surface area contributed by atoms with E-state index < -0.39 is 0 Å². The summed E-state index contributed by atoms with van der Waals surface area (Å²) in [5.41, 5.74) is 2.44. The van der Waals surface area contributed by atoms with Crippen molar-refractivity contribution < 1.29 is 9.59 Å². The van der Waals surface area contributed by atoms with Crippen LogP contribution in [0.4, 0.5) is 5.69 Å². The number of rotatable bonds is 8. The molecule has 1 aliphatic rings. The minimum Gasteiger partial charge on any atom is -0.350 e. The van der Waals surface area contributed by atoms with Crippen LogP contribution in [0.1, 0.15) is 48.7 Å². The summed E-state index contributed by atoms with van der Waals surface area (Å²) in [5, 5.41) is 3.76. The second kappa shape index (κ2) is 9.90. The summed E-state index contributed by atoms with van der Waals surface area (Å²) in [6.07, 6.45) is 1.48. The van der Waals surface area contributed by atoms with Crippen molar-refractivity contribution in [1.82, 2.24) is 10.2 Å². The van der Waals surface area contributed by atoms with Crippen molar-refractivity contribution in [3.8, 4) is 0 Å². The number of likely N-dealkylation sites (N-methyl/N-ethyl adjacent to an activating group) is 1. The van der Waals surface area contributed by atoms with Crippen LogP contribution in [-0.4, -0.2) is 42.9 Å². The van der Waals surface area contributed by atoms with E-state index in [-0.39, 0.29) is 17.9 Å². The Hall–Kier alpha value is -2.37. The first-order valence-electron chi connectivity index (χ1n) is 10.2. The lowest BCUT2D eigenvalue weighted by Gasteiger charge is -2.31. The van der Waals surface area contributed by atoms with Crippen molar-refractivity contribution in [2.24, 2.45) is 0 Å². The molecule has 0 aromatic heterocycles. The highest BCUT2D eigenvalue weighted by atomic mass is 35.5. The summed E-state index contributed by atoms with van der Waals surface area (Å²) in [5.74, 6) is 0.0116. The summed E-state index contributed by atoms with van der Waals surface area (Å²) >= 11 is 6.43. The topological polar surface area (TPSA) is 52.7 Å². The first-order valence-corrected chi connectivity index (χ1v) is 10.6. The number of halogens is 1. The largest absolute Gasteiger partial charge is 0.350 e. The highest BCUT2D eigenvalue weighted by molar-refractivity contribution is 6.31. The Morgan fingerprint density at radius 2 is 1.83 bits per heavy atom. The lowest BCUT2D eigenvalue weighted by atomic mass is 10.0. The van der Waals surface area contributed by atoms with E-state index in [1.54, 1.807) is 17.0 Å². The van der Waals surface area contributed by atoms with E-state index in [4.69, 9.17) is 11.6 Å². The number of carbonyl (C=O) groups excluding carboxylic acids is 2. The molecule has 1 atom stereocenters. The lowest BCUT2D eigenvalue weighted by molar-refractivity contribution is -0.117. The predicted octanol–water partition coefficient (Wildman–Crippen LogP) is 4.28. The van der Waals surface area contributed by atoms with Gasteiger partial charge in [-0.2, -0.15) is 0 Å². The fourth-order valence-corrected chi connectivity index (χ4v) is 4.11. The van der Waals surface area contributed by atoms with Gasteiger partial charge in [0.1, 0.15) is 0 Å². The molecule has 6 heteroatoms. The standard InChI is InChI=1S/C23H28ClN3O2/c1-3-26(4-2)21(19-8-5-6-9-20(19)24)16-25-23(29)17-11-13-18(14-12-17)27-15-7-10-22(27)28/h5-6,8-9,11-14,21H,3-4,7,10,15-16H2,1-2H3,(H,25,29). The number of amides is 2. The van der Waals surface area contributed by atoms with Gasteiger partial charge in [0.15, 0.2) is 0 Å². The molecule has 2 aromatic carbocycles. The van der Waals surface area contributed by atoms with Crippen LogP contribution in [0.25, 0.3) is 0 Å². The third kappa shape index (κ3) is 4.98. The van der Waals surface area contributed by atoms with E-state index in [9.17, 15) is 9.59 Å². The van der Waals surface area contributed by atoms with Gasteiger partial charge in [0, 0.05) is 35.8 Å². The third-order valence-electron chi connectivity index (χ3n) is 5.49. The Morgan fingerprint density at radius 3 is 2.41 bits per heavy atom. The van der Waals surface area contributed by atoms with Crippen molar-refractivity contribution >= 4 is 29.1 Å². The molecule has 29 heavy (non-hydrogen) atoms. The minimum absolute atomic E-state index is 0.00384. The highest BCUT2D eigenvalue weighted by Crippen LogP contribution is 2.27. The quantitative estimate of drug-likeness (QED) is 0.702. The van der Waals surface area contributed by atoms with Gasteiger partial charge in [-0.15, -0.1) is 0 Å². The second-order valence-corrected chi connectivity index (χ2v) is 7.57. The number of hydrogen-bond acceptors (Lipinski definition) is 3. The van der Waals surface area contributed by atoms with Crippen LogP contribution in [-0.2, 0) is 4.79 Å². The molecular formula is C23H28ClN3O2. The summed E-state index contributed by atoms with van der Waals surface area (Å²) in [7, 11) is 0. The lowest BCUT2D eigenvalue weighted by Crippen LogP contribution is -2.38. The molecule has 1 aliphatic heterocycles. The maximum Gasteiger partial charge on any atom is 0.251 e. The molecule has 0 bridgehead atoms. The van der Waals surface area contributed by atoms with Gasteiger partial charge in [0.05, 0.1) is 6.04 Å². The highest BCUT2D eigenvalue weighted by Gasteiger charge is 2.23. The average molecular weight is 414 g/mol.